The molecular formula is C41H69ClN12O4. The first-order chi connectivity index (χ1) is 27.3. The Kier molecular flexibility index (Phi) is 29.4. The van der Waals surface area contributed by atoms with E-state index in [0.717, 1.165) is 74.9 Å². The summed E-state index contributed by atoms with van der Waals surface area (Å²) in [7, 11) is 0. The first kappa shape index (κ1) is 53.1. The minimum Gasteiger partial charge on any atom is -0.443 e. The van der Waals surface area contributed by atoms with Gasteiger partial charge in [0.15, 0.2) is 11.7 Å². The predicted octanol–water partition coefficient (Wildman–Crippen LogP) is 9.32. The number of H-pyrrole nitrogens is 1. The van der Waals surface area contributed by atoms with E-state index < -0.39 is 11.7 Å². The van der Waals surface area contributed by atoms with Crippen molar-refractivity contribution < 1.29 is 19.1 Å². The molecule has 0 spiro atoms. The number of carbonyl (C=O) groups is 3. The topological polar surface area (TPSA) is 238 Å². The van der Waals surface area contributed by atoms with Crippen LogP contribution in [0.25, 0.3) is 10.4 Å². The van der Waals surface area contributed by atoms with Gasteiger partial charge in [0.25, 0.3) is 0 Å². The summed E-state index contributed by atoms with van der Waals surface area (Å²) in [5.41, 5.74) is 21.3. The molecule has 324 valence electrons. The van der Waals surface area contributed by atoms with Crippen LogP contribution in [-0.4, -0.2) is 64.3 Å². The number of aryl methyl sites for hydroxylation is 3. The molecule has 0 aliphatic carbocycles. The number of ketones is 2. The van der Waals surface area contributed by atoms with Gasteiger partial charge in [-0.05, 0) is 71.2 Å². The summed E-state index contributed by atoms with van der Waals surface area (Å²) in [6, 6.07) is 0. The highest BCUT2D eigenvalue weighted by Gasteiger charge is 2.20. The lowest BCUT2D eigenvalue weighted by molar-refractivity contribution is -0.120. The molecule has 0 unspecified atom stereocenters. The highest BCUT2D eigenvalue weighted by molar-refractivity contribution is 5.85. The largest absolute Gasteiger partial charge is 0.443 e. The third kappa shape index (κ3) is 26.9. The highest BCUT2D eigenvalue weighted by Crippen LogP contribution is 2.14. The number of aromatic amines is 1. The Morgan fingerprint density at radius 3 is 2.09 bits per heavy atom. The number of hydrogen-bond acceptors (Lipinski definition) is 11. The average molecular weight is 830 g/mol. The second kappa shape index (κ2) is 32.1. The molecule has 0 radical (unpaired) electrons. The third-order valence-corrected chi connectivity index (χ3v) is 8.51. The zero-order chi connectivity index (χ0) is 42.3. The number of terminal acetylenes is 1. The number of halogens is 1. The molecule has 3 aromatic heterocycles. The number of nitrogens with one attached hydrogen (secondary N) is 1. The lowest BCUT2D eigenvalue weighted by Gasteiger charge is -2.19. The van der Waals surface area contributed by atoms with Crippen molar-refractivity contribution >= 4 is 42.0 Å². The molecule has 3 heterocycles. The van der Waals surface area contributed by atoms with Gasteiger partial charge in [-0.3, -0.25) is 9.59 Å². The number of ether oxygens (including phenoxy) is 1. The van der Waals surface area contributed by atoms with Crippen LogP contribution in [0.2, 0.25) is 0 Å². The number of rotatable bonds is 25. The van der Waals surface area contributed by atoms with Crippen molar-refractivity contribution in [3.63, 3.8) is 0 Å². The predicted molar refractivity (Wildman–Crippen MR) is 232 cm³/mol. The maximum absolute atomic E-state index is 12.1. The zero-order valence-electron chi connectivity index (χ0n) is 35.6. The second-order valence-corrected chi connectivity index (χ2v) is 15.1. The number of azide groups is 1. The van der Waals surface area contributed by atoms with Crippen LogP contribution < -0.4 is 11.5 Å². The molecular weight excluding hydrogens is 760 g/mol. The van der Waals surface area contributed by atoms with E-state index in [1.54, 1.807) is 37.8 Å². The van der Waals surface area contributed by atoms with E-state index in [1.165, 1.54) is 49.5 Å². The van der Waals surface area contributed by atoms with E-state index in [1.807, 2.05) is 6.20 Å². The molecule has 0 aliphatic rings. The van der Waals surface area contributed by atoms with Crippen LogP contribution in [0.1, 0.15) is 161 Å². The lowest BCUT2D eigenvalue weighted by Crippen LogP contribution is -2.27. The van der Waals surface area contributed by atoms with Crippen LogP contribution in [0, 0.1) is 12.3 Å². The molecule has 0 bridgehead atoms. The van der Waals surface area contributed by atoms with Gasteiger partial charge in [-0.2, -0.15) is 0 Å². The quantitative estimate of drug-likeness (QED) is 0.0240. The Bertz CT molecular complexity index is 1660. The van der Waals surface area contributed by atoms with Gasteiger partial charge in [-0.15, -0.1) is 29.8 Å². The number of imidazole rings is 2. The van der Waals surface area contributed by atoms with Crippen LogP contribution in [0.15, 0.2) is 23.7 Å². The van der Waals surface area contributed by atoms with E-state index in [9.17, 15) is 14.4 Å². The third-order valence-electron chi connectivity index (χ3n) is 8.51. The van der Waals surface area contributed by atoms with Gasteiger partial charge >= 0.3 is 6.09 Å². The second-order valence-electron chi connectivity index (χ2n) is 15.1. The van der Waals surface area contributed by atoms with Crippen LogP contribution in [0.5, 0.6) is 0 Å². The fourth-order valence-corrected chi connectivity index (χ4v) is 5.54. The SMILES string of the molecule is C#CCCCc1cn(C(=O)OC(C)(C)C)c(N)n1.CCCCCC(=O)CN=[N+]=[N-].CCCCCCCCCCCC(=O)Cn1cc(CCCc2cnc(N)[nH]2)nn1.Cl. The smallest absolute Gasteiger partial charge is 0.421 e. The molecule has 3 rings (SSSR count). The Morgan fingerprint density at radius 1 is 0.879 bits per heavy atom. The van der Waals surface area contributed by atoms with Crippen LogP contribution in [-0.2, 0) is 40.1 Å². The standard InChI is InChI=1S/C21H36N6O.C13H19N3O2.C7H13N3O.ClH/c1-2-3-4-5-6-7-8-9-10-14-20(28)17-27-16-19(25-26-27)13-11-12-18-15-23-21(22)24-18;1-5-6-7-8-10-9-16(11(14)15-10)12(17)18-13(2,3)4;1-2-3-4-5-7(11)6-9-10-8;/h15-16H,2-14,17H2,1H3,(H3,22,23,24);1,9H,6-8H2,2-4H3,(H2,14,15);2-6H2,1H3;1H. The Balaban J connectivity index is 0.000000929. The summed E-state index contributed by atoms with van der Waals surface area (Å²) >= 11 is 0. The van der Waals surface area contributed by atoms with Crippen molar-refractivity contribution in [2.75, 3.05) is 18.0 Å². The normalized spacial score (nSPS) is 10.5. The van der Waals surface area contributed by atoms with Gasteiger partial charge in [-0.1, -0.05) is 88.4 Å². The Hall–Kier alpha value is -4.87. The Morgan fingerprint density at radius 2 is 1.48 bits per heavy atom. The number of hydrogen-bond donors (Lipinski definition) is 3. The maximum atomic E-state index is 12.1. The van der Waals surface area contributed by atoms with E-state index in [2.05, 4.69) is 55.1 Å². The van der Waals surface area contributed by atoms with E-state index >= 15 is 0 Å². The molecule has 0 saturated carbocycles. The minimum atomic E-state index is -0.558. The fraction of sp³-hybridized carbons (Fsp3) is 0.683. The van der Waals surface area contributed by atoms with Gasteiger partial charge in [-0.25, -0.2) is 24.0 Å². The summed E-state index contributed by atoms with van der Waals surface area (Å²) in [5, 5.41) is 11.4. The fourth-order valence-electron chi connectivity index (χ4n) is 5.54. The van der Waals surface area contributed by atoms with E-state index in [-0.39, 0.29) is 36.5 Å². The summed E-state index contributed by atoms with van der Waals surface area (Å²) < 4.78 is 8.10. The molecule has 0 saturated heterocycles. The van der Waals surface area contributed by atoms with Gasteiger partial charge < -0.3 is 21.2 Å². The number of aromatic nitrogens is 7. The molecule has 0 aliphatic heterocycles. The number of nitrogens with two attached hydrogens (primary N) is 2. The number of anilines is 2. The van der Waals surface area contributed by atoms with Crippen molar-refractivity contribution in [3.05, 3.63) is 46.1 Å². The van der Waals surface area contributed by atoms with Gasteiger partial charge in [0.1, 0.15) is 17.9 Å². The number of nitrogens with zero attached hydrogens (tertiary/aromatic N) is 9. The summed E-state index contributed by atoms with van der Waals surface area (Å²) in [4.78, 5) is 48.4. The minimum absolute atomic E-state index is 0. The van der Waals surface area contributed by atoms with Gasteiger partial charge in [0.2, 0.25) is 5.95 Å². The van der Waals surface area contributed by atoms with Crippen molar-refractivity contribution in [3.8, 4) is 12.3 Å². The molecule has 17 heteroatoms. The molecule has 0 fully saturated rings. The molecule has 58 heavy (non-hydrogen) atoms. The molecule has 16 nitrogen and oxygen atoms in total. The molecule has 0 amide bonds. The molecule has 3 aromatic rings. The van der Waals surface area contributed by atoms with Crippen molar-refractivity contribution in [2.24, 2.45) is 5.11 Å². The molecule has 5 N–H and O–H groups in total. The Labute approximate surface area is 351 Å². The number of carbonyl (C=O) groups excluding carboxylic acids is 3. The van der Waals surface area contributed by atoms with Gasteiger partial charge in [0, 0.05) is 42.3 Å². The summed E-state index contributed by atoms with van der Waals surface area (Å²) in [5.74, 6) is 3.43. The van der Waals surface area contributed by atoms with Crippen LogP contribution in [0.4, 0.5) is 16.7 Å². The monoisotopic (exact) mass is 829 g/mol. The molecule has 0 atom stereocenters. The first-order valence-corrected chi connectivity index (χ1v) is 20.5. The number of nitrogen functional groups attached to an aromatic ring is 2. The number of Topliss-reactive ketones (excluding diaryl/α,β-unsaturated/α-hetero) is 2. The highest BCUT2D eigenvalue weighted by atomic mass is 35.5. The van der Waals surface area contributed by atoms with Crippen LogP contribution in [0.3, 0.4) is 0 Å². The van der Waals surface area contributed by atoms with E-state index in [4.69, 9.17) is 28.2 Å². The average Bonchev–Trinajstić information content (AvgIpc) is 3.89. The zero-order valence-corrected chi connectivity index (χ0v) is 36.4. The molecule has 0 aromatic carbocycles. The van der Waals surface area contributed by atoms with Crippen molar-refractivity contribution in [1.82, 2.24) is 34.5 Å². The maximum Gasteiger partial charge on any atom is 0.421 e. The van der Waals surface area contributed by atoms with Crippen molar-refractivity contribution in [2.45, 2.75) is 175 Å². The first-order valence-electron chi connectivity index (χ1n) is 20.5. The van der Waals surface area contributed by atoms with E-state index in [0.29, 0.717) is 38.2 Å². The van der Waals surface area contributed by atoms with Crippen LogP contribution >= 0.6 is 12.4 Å². The van der Waals surface area contributed by atoms with Crippen molar-refractivity contribution in [1.29, 1.82) is 0 Å². The summed E-state index contributed by atoms with van der Waals surface area (Å²) in [6.07, 6.45) is 30.4. The lowest BCUT2D eigenvalue weighted by atomic mass is 10.1. The summed E-state index contributed by atoms with van der Waals surface area (Å²) in [6.45, 7) is 10.1. The number of unbranched alkanes of at least 4 members (excludes halogenated alkanes) is 11. The van der Waals surface area contributed by atoms with Gasteiger partial charge in [0.05, 0.1) is 24.1 Å².